The molecule has 16 rings (SSSR count). The minimum Gasteiger partial charge on any atom is -0.310 e. The number of aromatic nitrogens is 1. The van der Waals surface area contributed by atoms with Crippen molar-refractivity contribution in [2.45, 2.75) is 52.4 Å². The largest absolute Gasteiger partial charge is 0.310 e. The van der Waals surface area contributed by atoms with Crippen LogP contribution in [0.4, 0.5) is 17.1 Å². The van der Waals surface area contributed by atoms with Gasteiger partial charge < -0.3 is 9.47 Å². The quantitative estimate of drug-likeness (QED) is 0.123. The molecule has 2 aliphatic heterocycles. The molecule has 0 fully saturated rings. The van der Waals surface area contributed by atoms with E-state index in [-0.39, 0.29) is 17.5 Å². The van der Waals surface area contributed by atoms with E-state index in [9.17, 15) is 0 Å². The lowest BCUT2D eigenvalue weighted by Gasteiger charge is -2.40. The maximum atomic E-state index is 2.72. The Bertz CT molecular complexity index is 4840. The number of para-hydroxylation sites is 1. The van der Waals surface area contributed by atoms with E-state index in [0.29, 0.717) is 0 Å². The monoisotopic (exact) mass is 1040 g/mol. The van der Waals surface area contributed by atoms with E-state index in [2.05, 4.69) is 288 Å². The van der Waals surface area contributed by atoms with E-state index < -0.39 is 0 Å². The third-order valence-electron chi connectivity index (χ3n) is 17.6. The zero-order valence-electron chi connectivity index (χ0n) is 45.9. The zero-order valence-corrected chi connectivity index (χ0v) is 46.7. The second kappa shape index (κ2) is 17.3. The molecule has 0 radical (unpaired) electrons. The van der Waals surface area contributed by atoms with Gasteiger partial charge in [0.25, 0.3) is 6.71 Å². The molecule has 2 aromatic heterocycles. The van der Waals surface area contributed by atoms with Crippen LogP contribution in [0.5, 0.6) is 0 Å². The number of thiophene rings is 1. The molecule has 12 aromatic carbocycles. The van der Waals surface area contributed by atoms with Crippen molar-refractivity contribution in [3.05, 3.63) is 248 Å². The van der Waals surface area contributed by atoms with Gasteiger partial charge in [0.2, 0.25) is 0 Å². The van der Waals surface area contributed by atoms with Gasteiger partial charge in [-0.15, -0.1) is 11.3 Å². The molecule has 80 heavy (non-hydrogen) atoms. The van der Waals surface area contributed by atoms with Crippen molar-refractivity contribution in [3.8, 4) is 50.2 Å². The normalized spacial score (nSPS) is 13.1. The van der Waals surface area contributed by atoms with Crippen molar-refractivity contribution >= 4 is 115 Å². The summed E-state index contributed by atoms with van der Waals surface area (Å²) >= 11 is 1.99. The van der Waals surface area contributed by atoms with Crippen molar-refractivity contribution in [2.24, 2.45) is 0 Å². The van der Waals surface area contributed by atoms with Gasteiger partial charge in [0.15, 0.2) is 0 Å². The van der Waals surface area contributed by atoms with Crippen molar-refractivity contribution in [2.75, 3.05) is 4.90 Å². The van der Waals surface area contributed by atoms with Crippen molar-refractivity contribution < 1.29 is 0 Å². The summed E-state index contributed by atoms with van der Waals surface area (Å²) in [6.45, 7) is 14.0. The number of hydrogen-bond donors (Lipinski definition) is 0. The van der Waals surface area contributed by atoms with Crippen molar-refractivity contribution in [3.63, 3.8) is 0 Å². The predicted octanol–water partition coefficient (Wildman–Crippen LogP) is 19.3. The third-order valence-corrected chi connectivity index (χ3v) is 18.9. The lowest BCUT2D eigenvalue weighted by Crippen LogP contribution is -2.59. The average Bonchev–Trinajstić information content (AvgIpc) is 4.20. The molecule has 0 aliphatic carbocycles. The van der Waals surface area contributed by atoms with Crippen LogP contribution in [0.3, 0.4) is 0 Å². The molecule has 2 aliphatic rings. The number of hydrogen-bond acceptors (Lipinski definition) is 2. The Hall–Kier alpha value is -8.96. The minimum absolute atomic E-state index is 0.0700. The summed E-state index contributed by atoms with van der Waals surface area (Å²) < 4.78 is 5.36. The lowest BCUT2D eigenvalue weighted by molar-refractivity contribution is 0.590. The van der Waals surface area contributed by atoms with Crippen LogP contribution in [0.1, 0.15) is 52.7 Å². The number of nitrogens with zero attached hydrogens (tertiary/aromatic N) is 2. The molecule has 4 heteroatoms. The van der Waals surface area contributed by atoms with Gasteiger partial charge in [-0.1, -0.05) is 236 Å². The Morgan fingerprint density at radius 3 is 1.54 bits per heavy atom. The fourth-order valence-electron chi connectivity index (χ4n) is 13.9. The summed E-state index contributed by atoms with van der Waals surface area (Å²) in [6, 6.07) is 90.1. The maximum Gasteiger partial charge on any atom is 0.264 e. The fourth-order valence-corrected chi connectivity index (χ4v) is 15.2. The van der Waals surface area contributed by atoms with Crippen LogP contribution in [0, 0.1) is 0 Å². The molecule has 0 unspecified atom stereocenters. The van der Waals surface area contributed by atoms with Crippen molar-refractivity contribution in [1.29, 1.82) is 0 Å². The Morgan fingerprint density at radius 2 is 0.900 bits per heavy atom. The average molecular weight is 1040 g/mol. The number of fused-ring (bicyclic) bond motifs is 16. The van der Waals surface area contributed by atoms with Crippen LogP contribution in [-0.4, -0.2) is 11.3 Å². The summed E-state index contributed by atoms with van der Waals surface area (Å²) in [5.74, 6) is 0. The first-order chi connectivity index (χ1) is 39.0. The molecular weight excluding hydrogens is 984 g/mol. The van der Waals surface area contributed by atoms with Crippen molar-refractivity contribution in [1.82, 2.24) is 4.57 Å². The highest BCUT2D eigenvalue weighted by Gasteiger charge is 2.46. The van der Waals surface area contributed by atoms with E-state index in [0.717, 1.165) is 0 Å². The highest BCUT2D eigenvalue weighted by Crippen LogP contribution is 2.53. The first kappa shape index (κ1) is 47.1. The Balaban J connectivity index is 1.14. The molecule has 380 valence electrons. The van der Waals surface area contributed by atoms with Gasteiger partial charge in [0.05, 0.1) is 22.4 Å². The molecule has 0 atom stereocenters. The SMILES string of the molecule is CC(C)(C)c1ccc(N2c3cc(-c4c(-c5ccccc5)cccc4-c4ccccc4)cc4c3B(c3sc5ccc(C(C)(C)C)cc5c32)c2cc3c5ccccc5c5ccccc5c3c3c5ccccc5n-4c23)c(-c2ccccc2)c1. The van der Waals surface area contributed by atoms with Crippen LogP contribution in [0.15, 0.2) is 237 Å². The molecule has 14 aromatic rings. The Kier molecular flexibility index (Phi) is 10.2. The Labute approximate surface area is 471 Å². The van der Waals surface area contributed by atoms with Crippen LogP contribution >= 0.6 is 11.3 Å². The molecule has 0 N–H and O–H groups in total. The molecule has 0 saturated carbocycles. The summed E-state index contributed by atoms with van der Waals surface area (Å²) in [4.78, 5) is 2.72. The topological polar surface area (TPSA) is 8.17 Å². The first-order valence-corrected chi connectivity index (χ1v) is 29.1. The van der Waals surface area contributed by atoms with Gasteiger partial charge in [-0.3, -0.25) is 0 Å². The predicted molar refractivity (Wildman–Crippen MR) is 347 cm³/mol. The summed E-state index contributed by atoms with van der Waals surface area (Å²) in [7, 11) is 0. The van der Waals surface area contributed by atoms with Gasteiger partial charge in [0.1, 0.15) is 0 Å². The second-order valence-corrected chi connectivity index (χ2v) is 25.4. The first-order valence-electron chi connectivity index (χ1n) is 28.3. The number of anilines is 3. The zero-order chi connectivity index (χ0) is 53.8. The van der Waals surface area contributed by atoms with Crippen LogP contribution < -0.4 is 20.6 Å². The fraction of sp³-hybridized carbons (Fsp3) is 0.105. The third kappa shape index (κ3) is 6.85. The summed E-state index contributed by atoms with van der Waals surface area (Å²) in [5.41, 5.74) is 22.2. The second-order valence-electron chi connectivity index (χ2n) is 24.3. The van der Waals surface area contributed by atoms with Crippen LogP contribution in [0.25, 0.3) is 114 Å². The molecule has 0 saturated heterocycles. The highest BCUT2D eigenvalue weighted by molar-refractivity contribution is 7.33. The summed E-state index contributed by atoms with van der Waals surface area (Å²) in [5, 5.41) is 11.7. The molecule has 2 nitrogen and oxygen atoms in total. The van der Waals surface area contributed by atoms with E-state index >= 15 is 0 Å². The van der Waals surface area contributed by atoms with E-state index in [4.69, 9.17) is 0 Å². The summed E-state index contributed by atoms with van der Waals surface area (Å²) in [6.07, 6.45) is 0. The molecule has 4 heterocycles. The highest BCUT2D eigenvalue weighted by atomic mass is 32.1. The molecule has 0 spiro atoms. The van der Waals surface area contributed by atoms with Gasteiger partial charge in [0, 0.05) is 48.0 Å². The van der Waals surface area contributed by atoms with E-state index in [1.54, 1.807) is 0 Å². The standard InChI is InChI=1S/C76H57BN2S/c1-75(2,3)50-37-39-64(59(43-50)48-27-14-9-15-28-48)78-65-41-49(68-52(46-23-10-7-11-24-46)34-22-35-53(68)47-25-12-8-13-26-47)42-66-71(65)77(74-72(78)61-44-51(76(4,5)6)38-40-67(61)80-74)62-45-60-56-31-17-16-29-54(56)55-30-18-19-32-57(55)69(60)70-58-33-20-21-36-63(58)79(66)73(62)70/h7-45H,1-6H3. The van der Waals surface area contributed by atoms with Crippen LogP contribution in [0.2, 0.25) is 0 Å². The Morgan fingerprint density at radius 1 is 0.375 bits per heavy atom. The number of rotatable bonds is 5. The van der Waals surface area contributed by atoms with Gasteiger partial charge >= 0.3 is 0 Å². The molecule has 0 amide bonds. The molecular formula is C76H57BN2S. The van der Waals surface area contributed by atoms with Gasteiger partial charge in [-0.05, 0) is 141 Å². The van der Waals surface area contributed by atoms with E-state index in [1.807, 2.05) is 11.3 Å². The lowest BCUT2D eigenvalue weighted by atomic mass is 9.36. The smallest absolute Gasteiger partial charge is 0.264 e. The minimum atomic E-state index is -0.0864. The molecule has 0 bridgehead atoms. The number of benzene rings is 12. The maximum absolute atomic E-state index is 2.72. The van der Waals surface area contributed by atoms with E-state index in [1.165, 1.54) is 158 Å². The van der Waals surface area contributed by atoms with Crippen LogP contribution in [-0.2, 0) is 10.8 Å². The van der Waals surface area contributed by atoms with Gasteiger partial charge in [-0.25, -0.2) is 0 Å². The van der Waals surface area contributed by atoms with Gasteiger partial charge in [-0.2, -0.15) is 0 Å².